The minimum atomic E-state index is -3.76. The minimum absolute atomic E-state index is 0.0746. The maximum Gasteiger partial charge on any atom is 0.265 e. The standard InChI is InChI=1S/C10H10BrClN4O2S/c1-5-9(6(2)15-14-5)19(17,18)16-8-3-7(11)4-13-10(8)12/h3-4,16H,1-2H3,(H,14,15). The molecule has 0 aromatic carbocycles. The number of nitrogens with zero attached hydrogens (tertiary/aromatic N) is 2. The molecule has 2 aromatic rings. The van der Waals surface area contributed by atoms with Crippen molar-refractivity contribution in [3.05, 3.63) is 33.3 Å². The quantitative estimate of drug-likeness (QED) is 0.819. The predicted octanol–water partition coefficient (Wildman–Crippen LogP) is 2.64. The summed E-state index contributed by atoms with van der Waals surface area (Å²) in [4.78, 5) is 3.97. The second-order valence-electron chi connectivity index (χ2n) is 3.86. The lowest BCUT2D eigenvalue weighted by Gasteiger charge is -2.09. The van der Waals surface area contributed by atoms with Crippen LogP contribution in [0.25, 0.3) is 0 Å². The molecule has 0 spiro atoms. The fourth-order valence-corrected chi connectivity index (χ4v) is 3.59. The van der Waals surface area contributed by atoms with Gasteiger partial charge in [-0.1, -0.05) is 11.6 Å². The van der Waals surface area contributed by atoms with Crippen LogP contribution in [0.3, 0.4) is 0 Å². The molecular weight excluding hydrogens is 356 g/mol. The molecule has 0 amide bonds. The SMILES string of the molecule is Cc1n[nH]c(C)c1S(=O)(=O)Nc1cc(Br)cnc1Cl. The second kappa shape index (κ2) is 5.10. The lowest BCUT2D eigenvalue weighted by molar-refractivity contribution is 0.600. The van der Waals surface area contributed by atoms with Gasteiger partial charge in [-0.3, -0.25) is 9.82 Å². The molecule has 2 aromatic heterocycles. The van der Waals surface area contributed by atoms with E-state index in [0.717, 1.165) is 0 Å². The Bertz CT molecular complexity index is 710. The first-order valence-corrected chi connectivity index (χ1v) is 7.82. The first kappa shape index (κ1) is 14.3. The smallest absolute Gasteiger partial charge is 0.265 e. The van der Waals surface area contributed by atoms with Crippen molar-refractivity contribution in [2.24, 2.45) is 0 Å². The number of aromatic amines is 1. The Balaban J connectivity index is 2.45. The van der Waals surface area contributed by atoms with Crippen LogP contribution in [-0.2, 0) is 10.0 Å². The summed E-state index contributed by atoms with van der Waals surface area (Å²) in [5.74, 6) is 0. The first-order valence-electron chi connectivity index (χ1n) is 5.16. The highest BCUT2D eigenvalue weighted by Crippen LogP contribution is 2.27. The number of halogens is 2. The van der Waals surface area contributed by atoms with Crippen LogP contribution >= 0.6 is 27.5 Å². The topological polar surface area (TPSA) is 87.7 Å². The average Bonchev–Trinajstić information content (AvgIpc) is 2.64. The summed E-state index contributed by atoms with van der Waals surface area (Å²) < 4.78 is 27.6. The largest absolute Gasteiger partial charge is 0.281 e. The van der Waals surface area contributed by atoms with Gasteiger partial charge in [0, 0.05) is 10.7 Å². The van der Waals surface area contributed by atoms with Crippen molar-refractivity contribution < 1.29 is 8.42 Å². The summed E-state index contributed by atoms with van der Waals surface area (Å²) in [5.41, 5.74) is 1.06. The van der Waals surface area contributed by atoms with Crippen molar-refractivity contribution in [2.45, 2.75) is 18.7 Å². The van der Waals surface area contributed by atoms with Gasteiger partial charge in [0.2, 0.25) is 0 Å². The molecular formula is C10H10BrClN4O2S. The number of nitrogens with one attached hydrogen (secondary N) is 2. The van der Waals surface area contributed by atoms with Crippen LogP contribution in [0.4, 0.5) is 5.69 Å². The van der Waals surface area contributed by atoms with Gasteiger partial charge in [0.25, 0.3) is 10.0 Å². The summed E-state index contributed by atoms with van der Waals surface area (Å²) in [6.45, 7) is 3.24. The fraction of sp³-hybridized carbons (Fsp3) is 0.200. The van der Waals surface area contributed by atoms with Gasteiger partial charge in [0.15, 0.2) is 5.15 Å². The fourth-order valence-electron chi connectivity index (χ4n) is 1.63. The number of aryl methyl sites for hydroxylation is 2. The molecule has 0 bridgehead atoms. The van der Waals surface area contributed by atoms with E-state index in [2.05, 4.69) is 35.8 Å². The van der Waals surface area contributed by atoms with Gasteiger partial charge < -0.3 is 0 Å². The molecule has 0 aliphatic heterocycles. The Morgan fingerprint density at radius 3 is 2.68 bits per heavy atom. The van der Waals surface area contributed by atoms with Crippen LogP contribution in [0.15, 0.2) is 21.6 Å². The lowest BCUT2D eigenvalue weighted by atomic mass is 10.4. The van der Waals surface area contributed by atoms with Crippen molar-refractivity contribution in [3.8, 4) is 0 Å². The number of H-pyrrole nitrogens is 1. The van der Waals surface area contributed by atoms with Gasteiger partial charge in [-0.15, -0.1) is 0 Å². The number of anilines is 1. The van der Waals surface area contributed by atoms with E-state index in [-0.39, 0.29) is 15.7 Å². The second-order valence-corrected chi connectivity index (χ2v) is 6.75. The van der Waals surface area contributed by atoms with Crippen molar-refractivity contribution in [1.29, 1.82) is 0 Å². The maximum absolute atomic E-state index is 12.3. The summed E-state index contributed by atoms with van der Waals surface area (Å²) in [6, 6.07) is 1.54. The van der Waals surface area contributed by atoms with Crippen molar-refractivity contribution >= 4 is 43.2 Å². The first-order chi connectivity index (χ1) is 8.81. The number of sulfonamides is 1. The number of hydrogen-bond donors (Lipinski definition) is 2. The van der Waals surface area contributed by atoms with Crippen molar-refractivity contribution in [1.82, 2.24) is 15.2 Å². The van der Waals surface area contributed by atoms with Crippen LogP contribution in [0.2, 0.25) is 5.15 Å². The van der Waals surface area contributed by atoms with Crippen LogP contribution in [0.5, 0.6) is 0 Å². The molecule has 0 atom stereocenters. The summed E-state index contributed by atoms with van der Waals surface area (Å²) in [6.07, 6.45) is 1.48. The Morgan fingerprint density at radius 2 is 2.11 bits per heavy atom. The average molecular weight is 366 g/mol. The molecule has 0 unspecified atom stereocenters. The van der Waals surface area contributed by atoms with Crippen LogP contribution in [0.1, 0.15) is 11.4 Å². The molecule has 0 saturated heterocycles. The summed E-state index contributed by atoms with van der Waals surface area (Å²) in [7, 11) is -3.76. The van der Waals surface area contributed by atoms with E-state index in [0.29, 0.717) is 15.9 Å². The predicted molar refractivity (Wildman–Crippen MR) is 75.8 cm³/mol. The summed E-state index contributed by atoms with van der Waals surface area (Å²) in [5, 5.41) is 6.56. The molecule has 0 aliphatic carbocycles. The maximum atomic E-state index is 12.3. The molecule has 0 saturated carbocycles. The zero-order valence-corrected chi connectivity index (χ0v) is 13.2. The molecule has 0 radical (unpaired) electrons. The Labute approximate surface area is 123 Å². The normalized spacial score (nSPS) is 11.6. The molecule has 0 fully saturated rings. The van der Waals surface area contributed by atoms with E-state index in [1.165, 1.54) is 12.3 Å². The highest BCUT2D eigenvalue weighted by molar-refractivity contribution is 9.10. The number of rotatable bonds is 3. The van der Waals surface area contributed by atoms with Gasteiger partial charge >= 0.3 is 0 Å². The van der Waals surface area contributed by atoms with E-state index < -0.39 is 10.0 Å². The molecule has 2 rings (SSSR count). The molecule has 2 N–H and O–H groups in total. The highest BCUT2D eigenvalue weighted by Gasteiger charge is 2.23. The van der Waals surface area contributed by atoms with E-state index in [1.54, 1.807) is 13.8 Å². The molecule has 19 heavy (non-hydrogen) atoms. The number of hydrogen-bond acceptors (Lipinski definition) is 4. The van der Waals surface area contributed by atoms with E-state index in [4.69, 9.17) is 11.6 Å². The number of pyridine rings is 1. The third-order valence-corrected chi connectivity index (χ3v) is 4.74. The monoisotopic (exact) mass is 364 g/mol. The Hall–Kier alpha value is -1.12. The highest BCUT2D eigenvalue weighted by atomic mass is 79.9. The van der Waals surface area contributed by atoms with E-state index >= 15 is 0 Å². The molecule has 6 nitrogen and oxygen atoms in total. The molecule has 102 valence electrons. The van der Waals surface area contributed by atoms with Gasteiger partial charge in [-0.25, -0.2) is 13.4 Å². The lowest BCUT2D eigenvalue weighted by Crippen LogP contribution is -2.15. The van der Waals surface area contributed by atoms with Crippen molar-refractivity contribution in [3.63, 3.8) is 0 Å². The Kier molecular flexibility index (Phi) is 3.84. The van der Waals surface area contributed by atoms with E-state index in [9.17, 15) is 8.42 Å². The molecule has 2 heterocycles. The Morgan fingerprint density at radius 1 is 1.42 bits per heavy atom. The van der Waals surface area contributed by atoms with Gasteiger partial charge in [0.05, 0.1) is 17.1 Å². The third-order valence-electron chi connectivity index (χ3n) is 2.38. The van der Waals surface area contributed by atoms with Gasteiger partial charge in [-0.05, 0) is 35.8 Å². The van der Waals surface area contributed by atoms with Gasteiger partial charge in [-0.2, -0.15) is 5.10 Å². The van der Waals surface area contributed by atoms with Crippen LogP contribution in [0, 0.1) is 13.8 Å². The molecule has 0 aliphatic rings. The molecule has 9 heteroatoms. The van der Waals surface area contributed by atoms with Crippen LogP contribution < -0.4 is 4.72 Å². The zero-order valence-electron chi connectivity index (χ0n) is 10.0. The third kappa shape index (κ3) is 2.90. The van der Waals surface area contributed by atoms with E-state index in [1.807, 2.05) is 0 Å². The minimum Gasteiger partial charge on any atom is -0.281 e. The van der Waals surface area contributed by atoms with Gasteiger partial charge in [0.1, 0.15) is 4.90 Å². The van der Waals surface area contributed by atoms with Crippen molar-refractivity contribution in [2.75, 3.05) is 4.72 Å². The summed E-state index contributed by atoms with van der Waals surface area (Å²) >= 11 is 9.07. The number of aromatic nitrogens is 3. The zero-order chi connectivity index (χ0) is 14.2. The van der Waals surface area contributed by atoms with Crippen LogP contribution in [-0.4, -0.2) is 23.6 Å².